The minimum atomic E-state index is -4.55. The predicted octanol–water partition coefficient (Wildman–Crippen LogP) is 8.94. The van der Waals surface area contributed by atoms with E-state index in [0.717, 1.165) is 13.2 Å². The van der Waals surface area contributed by atoms with Gasteiger partial charge in [0.1, 0.15) is 53.6 Å². The van der Waals surface area contributed by atoms with Crippen molar-refractivity contribution in [1.82, 2.24) is 4.90 Å². The monoisotopic (exact) mass is 1610 g/mol. The average molecular weight is 1610 g/mol. The molecule has 36 heteroatoms. The number of benzene rings is 6. The van der Waals surface area contributed by atoms with Crippen molar-refractivity contribution in [3.63, 3.8) is 0 Å². The van der Waals surface area contributed by atoms with Crippen molar-refractivity contribution < 1.29 is 165 Å². The van der Waals surface area contributed by atoms with Crippen molar-refractivity contribution in [1.29, 1.82) is 0 Å². The van der Waals surface area contributed by atoms with Crippen molar-refractivity contribution >= 4 is 107 Å². The van der Waals surface area contributed by atoms with Crippen molar-refractivity contribution in [2.75, 3.05) is 42.1 Å². The maximum atomic E-state index is 12.7. The molecule has 0 radical (unpaired) electrons. The highest BCUT2D eigenvalue weighted by Crippen LogP contribution is 2.32. The summed E-state index contributed by atoms with van der Waals surface area (Å²) in [7, 11) is 6.43. The van der Waals surface area contributed by atoms with Crippen LogP contribution >= 0.6 is 15.9 Å². The van der Waals surface area contributed by atoms with Crippen molar-refractivity contribution in [2.45, 2.75) is 70.4 Å². The SMILES string of the molecule is C=C(CC(=O)O)C(=O)O.COC(=O)CC(Cc1ccc(O)cc1C=O)C(=O)OC.COC(=O)CC1Cc2ccc(O)cc2CN(CC(F)(F)F)C1=O.COC(OC)c1cc(O)ccc1CC(CC(=O)O)C(=O)O.O=Cc1cc(O)ccc1/C=C(\CC(=O)O)C(=O)O.O=Cc1cc(O)ccc1Br.O=Cc1cccc(O)c1. The van der Waals surface area contributed by atoms with E-state index in [1.807, 2.05) is 0 Å². The van der Waals surface area contributed by atoms with Crippen LogP contribution in [0.2, 0.25) is 0 Å². The normalized spacial score (nSPS) is 12.3. The Hall–Kier alpha value is -12.8. The Morgan fingerprint density at radius 3 is 1.52 bits per heavy atom. The quantitative estimate of drug-likeness (QED) is 0.00752. The number of aldehydes is 4. The first-order chi connectivity index (χ1) is 51.6. The fourth-order valence-electron chi connectivity index (χ4n) is 9.35. The molecule has 3 atom stereocenters. The van der Waals surface area contributed by atoms with Gasteiger partial charge >= 0.3 is 59.9 Å². The summed E-state index contributed by atoms with van der Waals surface area (Å²) in [6, 6.07) is 27.4. The minimum Gasteiger partial charge on any atom is -0.508 e. The van der Waals surface area contributed by atoms with Crippen molar-refractivity contribution in [3.8, 4) is 34.5 Å². The highest BCUT2D eigenvalue weighted by molar-refractivity contribution is 9.10. The average Bonchev–Trinajstić information content (AvgIpc) is 1.63. The highest BCUT2D eigenvalue weighted by atomic mass is 79.9. The molecule has 3 unspecified atom stereocenters. The maximum absolute atomic E-state index is 12.7. The summed E-state index contributed by atoms with van der Waals surface area (Å²) in [5.41, 5.74) is 3.53. The van der Waals surface area contributed by atoms with Gasteiger partial charge in [-0.15, -0.1) is 0 Å². The van der Waals surface area contributed by atoms with Gasteiger partial charge in [0.05, 0.1) is 71.2 Å². The zero-order chi connectivity index (χ0) is 83.7. The molecular formula is C74H77BrF3NO31. The van der Waals surface area contributed by atoms with Gasteiger partial charge in [-0.05, 0) is 132 Å². The number of hydrogen-bond acceptors (Lipinski definition) is 25. The number of aliphatic carboxylic acids is 6. The van der Waals surface area contributed by atoms with E-state index in [1.54, 1.807) is 24.3 Å². The lowest BCUT2D eigenvalue weighted by atomic mass is 9.93. The Morgan fingerprint density at radius 2 is 1.05 bits per heavy atom. The molecule has 0 saturated carbocycles. The molecule has 0 aliphatic carbocycles. The number of carboxylic acid groups (broad SMARTS) is 6. The second kappa shape index (κ2) is 48.4. The summed E-state index contributed by atoms with van der Waals surface area (Å²) in [4.78, 5) is 152. The minimum absolute atomic E-state index is 0.000463. The second-order valence-corrected chi connectivity index (χ2v) is 23.5. The summed E-state index contributed by atoms with van der Waals surface area (Å²) >= 11 is 3.15. The Bertz CT molecular complexity index is 4270. The van der Waals surface area contributed by atoms with E-state index in [2.05, 4.69) is 36.7 Å². The lowest BCUT2D eigenvalue weighted by Gasteiger charge is -2.25. The van der Waals surface area contributed by atoms with Crippen LogP contribution in [0.4, 0.5) is 13.2 Å². The number of hydrogen-bond donors (Lipinski definition) is 12. The number of halogens is 4. The summed E-state index contributed by atoms with van der Waals surface area (Å²) in [5, 5.41) is 107. The van der Waals surface area contributed by atoms with Crippen LogP contribution in [-0.4, -0.2) is 199 Å². The molecule has 0 fully saturated rings. The summed E-state index contributed by atoms with van der Waals surface area (Å²) in [5.74, 6) is -12.8. The molecule has 592 valence electrons. The summed E-state index contributed by atoms with van der Waals surface area (Å²) < 4.78 is 62.8. The second-order valence-electron chi connectivity index (χ2n) is 22.7. The van der Waals surface area contributed by atoms with Gasteiger partial charge in [0.15, 0.2) is 18.9 Å². The smallest absolute Gasteiger partial charge is 0.406 e. The molecule has 1 heterocycles. The van der Waals surface area contributed by atoms with E-state index in [1.165, 1.54) is 119 Å². The maximum Gasteiger partial charge on any atom is 0.406 e. The Balaban J connectivity index is 0.000000659. The molecule has 0 spiro atoms. The van der Waals surface area contributed by atoms with E-state index in [0.29, 0.717) is 73.5 Å². The number of alkyl halides is 3. The number of carbonyl (C=O) groups excluding carboxylic acids is 8. The van der Waals surface area contributed by atoms with Crippen LogP contribution in [0.25, 0.3) is 6.08 Å². The zero-order valence-electron chi connectivity index (χ0n) is 59.0. The van der Waals surface area contributed by atoms with E-state index >= 15 is 0 Å². The molecule has 32 nitrogen and oxygen atoms in total. The molecular weight excluding hydrogens is 1540 g/mol. The highest BCUT2D eigenvalue weighted by Gasteiger charge is 2.39. The molecule has 1 aliphatic rings. The molecule has 12 N–H and O–H groups in total. The molecule has 1 amide bonds. The number of amides is 1. The lowest BCUT2D eigenvalue weighted by molar-refractivity contribution is -0.165. The molecule has 0 bridgehead atoms. The number of nitrogens with zero attached hydrogens (tertiary/aromatic N) is 1. The van der Waals surface area contributed by atoms with Gasteiger partial charge in [-0.3, -0.25) is 57.5 Å². The third kappa shape index (κ3) is 36.0. The number of rotatable bonds is 27. The van der Waals surface area contributed by atoms with E-state index < -0.39 is 116 Å². The van der Waals surface area contributed by atoms with Gasteiger partial charge in [0.2, 0.25) is 5.91 Å². The number of phenols is 6. The third-order valence-corrected chi connectivity index (χ3v) is 15.3. The van der Waals surface area contributed by atoms with Gasteiger partial charge in [0, 0.05) is 64.2 Å². The van der Waals surface area contributed by atoms with E-state index in [9.17, 15) is 95.6 Å². The topological polar surface area (TPSA) is 531 Å². The number of aromatic hydroxyl groups is 6. The Labute approximate surface area is 632 Å². The third-order valence-electron chi connectivity index (χ3n) is 14.6. The molecule has 7 rings (SSSR count). The molecule has 6 aromatic carbocycles. The van der Waals surface area contributed by atoms with Crippen LogP contribution in [0.3, 0.4) is 0 Å². The number of phenolic OH excluding ortho intramolecular Hbond substituents is 6. The van der Waals surface area contributed by atoms with Crippen LogP contribution in [0, 0.1) is 17.8 Å². The van der Waals surface area contributed by atoms with Crippen LogP contribution in [0.15, 0.2) is 137 Å². The van der Waals surface area contributed by atoms with Crippen LogP contribution in [0.1, 0.15) is 113 Å². The molecule has 0 saturated heterocycles. The number of ether oxygens (including phenoxy) is 5. The van der Waals surface area contributed by atoms with Crippen molar-refractivity contribution in [2.24, 2.45) is 17.8 Å². The fraction of sp³-hybridized carbons (Fsp3) is 0.270. The van der Waals surface area contributed by atoms with Gasteiger partial charge in [-0.2, -0.15) is 13.2 Å². The van der Waals surface area contributed by atoms with Gasteiger partial charge < -0.3 is 89.9 Å². The van der Waals surface area contributed by atoms with Crippen LogP contribution < -0.4 is 0 Å². The number of carbonyl (C=O) groups is 14. The van der Waals surface area contributed by atoms with E-state index in [4.69, 9.17) is 55.4 Å². The largest absolute Gasteiger partial charge is 0.508 e. The number of carboxylic acids is 6. The van der Waals surface area contributed by atoms with Gasteiger partial charge in [-0.25, -0.2) is 9.59 Å². The molecule has 6 aromatic rings. The van der Waals surface area contributed by atoms with E-state index in [-0.39, 0.29) is 101 Å². The molecule has 110 heavy (non-hydrogen) atoms. The Morgan fingerprint density at radius 1 is 0.545 bits per heavy atom. The van der Waals surface area contributed by atoms with Gasteiger partial charge in [-0.1, -0.05) is 58.9 Å². The number of methoxy groups -OCH3 is 5. The van der Waals surface area contributed by atoms with Crippen molar-refractivity contribution in [3.05, 3.63) is 193 Å². The first-order valence-electron chi connectivity index (χ1n) is 31.3. The summed E-state index contributed by atoms with van der Waals surface area (Å²) in [6.07, 6.45) is -3.61. The Kier molecular flexibility index (Phi) is 41.9. The standard InChI is InChI=1S/C15H16F3NO4.C14H18O7.C14H16O6.C12H10O6.C7H5BrO2.C7H6O2.C5H6O4/c1-23-13(21)6-10-4-9-2-3-12(20)5-11(9)7-19(14(10)22)8-15(16,17)18;1-20-14(21-2)11-7-10(15)4-3-8(11)5-9(13(18)19)6-12(16)17;1-19-13(17)7-10(14(18)20-2)5-9-3-4-12(16)6-11(9)8-15;13-6-9-4-10(14)2-1-7(9)3-8(12(17)18)5-11(15)16;8-7-2-1-6(10)3-5(7)4-9;8-5-6-2-1-3-7(9)4-6;1-3(5(8)9)2-4(6)7/h2-3,5,10,20H,4,6-8H2,1H3;3-4,7,9,14-15H,5-6H2,1-2H3,(H,16,17)(H,18,19);3-4,6,8,10,16H,5,7H2,1-2H3;1-4,6,14H,5H2,(H,15,16)(H,17,18);1-4,10H;1-5,9H;1-2H2,(H,6,7)(H,8,9)/b;;;8-3+;;;. The lowest BCUT2D eigenvalue weighted by Crippen LogP contribution is -2.41. The molecule has 0 aromatic heterocycles. The first kappa shape index (κ1) is 95.2. The fourth-order valence-corrected chi connectivity index (χ4v) is 9.69. The zero-order valence-corrected chi connectivity index (χ0v) is 60.6. The molecule has 1 aliphatic heterocycles. The first-order valence-corrected chi connectivity index (χ1v) is 32.1. The number of fused-ring (bicyclic) bond motifs is 1. The predicted molar refractivity (Wildman–Crippen MR) is 380 cm³/mol. The summed E-state index contributed by atoms with van der Waals surface area (Å²) in [6.45, 7) is 1.35. The van der Waals surface area contributed by atoms with Crippen LogP contribution in [0.5, 0.6) is 34.5 Å². The number of esters is 3. The van der Waals surface area contributed by atoms with Gasteiger partial charge in [0.25, 0.3) is 0 Å². The van der Waals surface area contributed by atoms with Crippen LogP contribution in [-0.2, 0) is 97.4 Å².